The van der Waals surface area contributed by atoms with Crippen molar-refractivity contribution in [2.45, 2.75) is 16.7 Å². The van der Waals surface area contributed by atoms with Crippen molar-refractivity contribution in [3.8, 4) is 0 Å². The number of hydrogen-bond acceptors (Lipinski definition) is 6. The van der Waals surface area contributed by atoms with Crippen LogP contribution in [0, 0.1) is 15.9 Å². The van der Waals surface area contributed by atoms with Gasteiger partial charge in [0.1, 0.15) is 5.82 Å². The van der Waals surface area contributed by atoms with Gasteiger partial charge in [0.25, 0.3) is 11.6 Å². The van der Waals surface area contributed by atoms with Crippen LogP contribution in [0.3, 0.4) is 0 Å². The summed E-state index contributed by atoms with van der Waals surface area (Å²) < 4.78 is 18.6. The van der Waals surface area contributed by atoms with Gasteiger partial charge in [-0.25, -0.2) is 9.18 Å². The molecule has 2 aromatic carbocycles. The predicted molar refractivity (Wildman–Crippen MR) is 101 cm³/mol. The summed E-state index contributed by atoms with van der Waals surface area (Å²) in [6.07, 6.45) is -0.608. The Bertz CT molecular complexity index is 878. The standard InChI is InChI=1S/C18H18FN3O5S/c1-2-27-18(24)21-10-9-20-17(23)13-11-12(22(25)26)7-8-15(13)28-16-6-4-3-5-14(16)19/h3-8,11H,2,9-10H2,1H3,(H,20,23)(H,21,24). The Morgan fingerprint density at radius 3 is 2.54 bits per heavy atom. The summed E-state index contributed by atoms with van der Waals surface area (Å²) in [4.78, 5) is 34.8. The number of benzene rings is 2. The Morgan fingerprint density at radius 1 is 1.14 bits per heavy atom. The second-order valence-corrected chi connectivity index (χ2v) is 6.46. The summed E-state index contributed by atoms with van der Waals surface area (Å²) >= 11 is 0.992. The van der Waals surface area contributed by atoms with Gasteiger partial charge in [-0.3, -0.25) is 14.9 Å². The van der Waals surface area contributed by atoms with Gasteiger partial charge >= 0.3 is 6.09 Å². The van der Waals surface area contributed by atoms with E-state index in [-0.39, 0.29) is 35.8 Å². The van der Waals surface area contributed by atoms with E-state index in [1.54, 1.807) is 25.1 Å². The minimum absolute atomic E-state index is 0.0404. The first-order valence-corrected chi connectivity index (χ1v) is 9.13. The number of nitrogens with zero attached hydrogens (tertiary/aromatic N) is 1. The highest BCUT2D eigenvalue weighted by Gasteiger charge is 2.18. The maximum absolute atomic E-state index is 13.9. The lowest BCUT2D eigenvalue weighted by Gasteiger charge is -2.11. The summed E-state index contributed by atoms with van der Waals surface area (Å²) in [6, 6.07) is 9.82. The molecule has 0 saturated heterocycles. The fraction of sp³-hybridized carbons (Fsp3) is 0.222. The van der Waals surface area contributed by atoms with Crippen LogP contribution < -0.4 is 10.6 Å². The third-order valence-corrected chi connectivity index (χ3v) is 4.56. The van der Waals surface area contributed by atoms with E-state index in [0.717, 1.165) is 17.8 Å². The third kappa shape index (κ3) is 5.95. The fourth-order valence-electron chi connectivity index (χ4n) is 2.16. The number of carbonyl (C=O) groups is 2. The summed E-state index contributed by atoms with van der Waals surface area (Å²) in [5.74, 6) is -1.04. The van der Waals surface area contributed by atoms with Crippen molar-refractivity contribution in [1.29, 1.82) is 0 Å². The van der Waals surface area contributed by atoms with Crippen LogP contribution in [0.2, 0.25) is 0 Å². The second-order valence-electron chi connectivity index (χ2n) is 5.37. The Hall–Kier alpha value is -3.14. The molecule has 0 atom stereocenters. The van der Waals surface area contributed by atoms with Crippen LogP contribution in [0.5, 0.6) is 0 Å². The quantitative estimate of drug-likeness (QED) is 0.394. The number of nitro benzene ring substituents is 1. The van der Waals surface area contributed by atoms with Crippen LogP contribution in [0.1, 0.15) is 17.3 Å². The Labute approximate surface area is 164 Å². The highest BCUT2D eigenvalue weighted by molar-refractivity contribution is 7.99. The molecular formula is C18H18FN3O5S. The van der Waals surface area contributed by atoms with Crippen LogP contribution in [-0.2, 0) is 4.74 Å². The summed E-state index contributed by atoms with van der Waals surface area (Å²) in [5.41, 5.74) is -0.216. The van der Waals surface area contributed by atoms with Crippen LogP contribution in [0.4, 0.5) is 14.9 Å². The minimum Gasteiger partial charge on any atom is -0.450 e. The van der Waals surface area contributed by atoms with Crippen molar-refractivity contribution in [3.63, 3.8) is 0 Å². The molecule has 2 amide bonds. The summed E-state index contributed by atoms with van der Waals surface area (Å²) in [6.45, 7) is 2.10. The Balaban J connectivity index is 2.14. The Kier molecular flexibility index (Phi) is 7.76. The zero-order valence-corrected chi connectivity index (χ0v) is 15.8. The van der Waals surface area contributed by atoms with Gasteiger partial charge in [0.15, 0.2) is 0 Å². The number of rotatable bonds is 8. The van der Waals surface area contributed by atoms with Crippen LogP contribution in [-0.4, -0.2) is 36.6 Å². The van der Waals surface area contributed by atoms with Gasteiger partial charge in [0.05, 0.1) is 17.1 Å². The van der Waals surface area contributed by atoms with Gasteiger partial charge in [-0.2, -0.15) is 0 Å². The van der Waals surface area contributed by atoms with Crippen molar-refractivity contribution in [2.24, 2.45) is 0 Å². The fourth-order valence-corrected chi connectivity index (χ4v) is 3.11. The molecule has 0 aromatic heterocycles. The molecular weight excluding hydrogens is 389 g/mol. The van der Waals surface area contributed by atoms with Gasteiger partial charge < -0.3 is 15.4 Å². The summed E-state index contributed by atoms with van der Waals surface area (Å²) in [7, 11) is 0. The highest BCUT2D eigenvalue weighted by Crippen LogP contribution is 2.33. The molecule has 0 aliphatic heterocycles. The first-order valence-electron chi connectivity index (χ1n) is 8.32. The summed E-state index contributed by atoms with van der Waals surface area (Å²) in [5, 5.41) is 16.0. The third-order valence-electron chi connectivity index (χ3n) is 3.43. The van der Waals surface area contributed by atoms with Gasteiger partial charge in [-0.05, 0) is 25.1 Å². The largest absolute Gasteiger partial charge is 0.450 e. The van der Waals surface area contributed by atoms with E-state index in [2.05, 4.69) is 10.6 Å². The normalized spacial score (nSPS) is 10.2. The number of halogens is 1. The first kappa shape index (κ1) is 21.2. The SMILES string of the molecule is CCOC(=O)NCCNC(=O)c1cc([N+](=O)[O-])ccc1Sc1ccccc1F. The first-order chi connectivity index (χ1) is 13.4. The van der Waals surface area contributed by atoms with Crippen molar-refractivity contribution < 1.29 is 23.6 Å². The van der Waals surface area contributed by atoms with Crippen LogP contribution in [0.15, 0.2) is 52.3 Å². The lowest BCUT2D eigenvalue weighted by Crippen LogP contribution is -2.35. The zero-order valence-electron chi connectivity index (χ0n) is 14.9. The van der Waals surface area contributed by atoms with E-state index in [4.69, 9.17) is 4.74 Å². The molecule has 28 heavy (non-hydrogen) atoms. The number of hydrogen-bond donors (Lipinski definition) is 2. The molecule has 2 aromatic rings. The minimum atomic E-state index is -0.614. The van der Waals surface area contributed by atoms with Gasteiger partial charge in [0, 0.05) is 35.0 Å². The van der Waals surface area contributed by atoms with E-state index < -0.39 is 22.7 Å². The number of amides is 2. The molecule has 2 N–H and O–H groups in total. The second kappa shape index (κ2) is 10.3. The lowest BCUT2D eigenvalue weighted by atomic mass is 10.2. The van der Waals surface area contributed by atoms with E-state index in [0.29, 0.717) is 4.90 Å². The highest BCUT2D eigenvalue weighted by atomic mass is 32.2. The van der Waals surface area contributed by atoms with Crippen molar-refractivity contribution >= 4 is 29.4 Å². The van der Waals surface area contributed by atoms with Gasteiger partial charge in [-0.1, -0.05) is 23.9 Å². The van der Waals surface area contributed by atoms with Crippen molar-refractivity contribution in [2.75, 3.05) is 19.7 Å². The molecule has 0 bridgehead atoms. The molecule has 0 fully saturated rings. The van der Waals surface area contributed by atoms with Gasteiger partial charge in [-0.15, -0.1) is 0 Å². The number of nitrogens with one attached hydrogen (secondary N) is 2. The molecule has 2 rings (SSSR count). The lowest BCUT2D eigenvalue weighted by molar-refractivity contribution is -0.384. The smallest absolute Gasteiger partial charge is 0.407 e. The van der Waals surface area contributed by atoms with Crippen molar-refractivity contribution in [3.05, 3.63) is 64.0 Å². The molecule has 0 radical (unpaired) electrons. The predicted octanol–water partition coefficient (Wildman–Crippen LogP) is 3.36. The Morgan fingerprint density at radius 2 is 1.86 bits per heavy atom. The molecule has 0 aliphatic rings. The molecule has 0 saturated carbocycles. The zero-order chi connectivity index (χ0) is 20.5. The molecule has 0 spiro atoms. The molecule has 148 valence electrons. The number of alkyl carbamates (subject to hydrolysis) is 1. The number of carbonyl (C=O) groups excluding carboxylic acids is 2. The monoisotopic (exact) mass is 407 g/mol. The molecule has 8 nitrogen and oxygen atoms in total. The van der Waals surface area contributed by atoms with Crippen LogP contribution >= 0.6 is 11.8 Å². The van der Waals surface area contributed by atoms with Crippen molar-refractivity contribution in [1.82, 2.24) is 10.6 Å². The number of nitro groups is 1. The van der Waals surface area contributed by atoms with E-state index in [1.807, 2.05) is 0 Å². The average Bonchev–Trinajstić information content (AvgIpc) is 2.67. The molecule has 0 unspecified atom stereocenters. The van der Waals surface area contributed by atoms with E-state index in [9.17, 15) is 24.1 Å². The topological polar surface area (TPSA) is 111 Å². The van der Waals surface area contributed by atoms with Gasteiger partial charge in [0.2, 0.25) is 0 Å². The van der Waals surface area contributed by atoms with E-state index in [1.165, 1.54) is 18.2 Å². The average molecular weight is 407 g/mol. The number of ether oxygens (including phenoxy) is 1. The van der Waals surface area contributed by atoms with E-state index >= 15 is 0 Å². The molecule has 0 heterocycles. The number of non-ortho nitro benzene ring substituents is 1. The molecule has 0 aliphatic carbocycles. The molecule has 10 heteroatoms. The maximum atomic E-state index is 13.9. The maximum Gasteiger partial charge on any atom is 0.407 e. The van der Waals surface area contributed by atoms with Crippen LogP contribution in [0.25, 0.3) is 0 Å².